The summed E-state index contributed by atoms with van der Waals surface area (Å²) in [6.07, 6.45) is 5.75. The normalized spacial score (nSPS) is 15.6. The Hall–Kier alpha value is -3.25. The molecule has 0 atom stereocenters. The van der Waals surface area contributed by atoms with Crippen LogP contribution < -0.4 is 5.56 Å². The van der Waals surface area contributed by atoms with Crippen LogP contribution in [0.1, 0.15) is 35.7 Å². The lowest BCUT2D eigenvalue weighted by Gasteiger charge is -2.31. The fourth-order valence-electron chi connectivity index (χ4n) is 4.46. The van der Waals surface area contributed by atoms with Gasteiger partial charge in [-0.1, -0.05) is 36.4 Å². The Morgan fingerprint density at radius 3 is 2.63 bits per heavy atom. The summed E-state index contributed by atoms with van der Waals surface area (Å²) in [6, 6.07) is 16.0. The summed E-state index contributed by atoms with van der Waals surface area (Å²) in [6.45, 7) is 4.91. The molecule has 3 aromatic heterocycles. The molecule has 1 aliphatic rings. The van der Waals surface area contributed by atoms with E-state index < -0.39 is 0 Å². The number of aromatic nitrogens is 4. The minimum Gasteiger partial charge on any atom is -0.299 e. The van der Waals surface area contributed by atoms with Crippen LogP contribution in [0.2, 0.25) is 0 Å². The fraction of sp³-hybridized carbons (Fsp3) is 0.292. The number of aromatic amines is 1. The zero-order chi connectivity index (χ0) is 20.5. The van der Waals surface area contributed by atoms with Gasteiger partial charge in [0.05, 0.1) is 5.69 Å². The van der Waals surface area contributed by atoms with Gasteiger partial charge in [-0.3, -0.25) is 19.8 Å². The summed E-state index contributed by atoms with van der Waals surface area (Å²) >= 11 is 0. The number of hydrogen-bond acceptors (Lipinski definition) is 4. The van der Waals surface area contributed by atoms with Crippen molar-refractivity contribution in [3.05, 3.63) is 88.2 Å². The molecule has 30 heavy (non-hydrogen) atoms. The SMILES string of the molecule is Cc1[nH]n2c(=O)cc(C3CCN(Cc4cccnc4)CC3)nc2c1-c1ccccc1. The van der Waals surface area contributed by atoms with Crippen LogP contribution in [0, 0.1) is 6.92 Å². The molecular weight excluding hydrogens is 374 g/mol. The average Bonchev–Trinajstić information content (AvgIpc) is 3.12. The maximum absolute atomic E-state index is 12.8. The number of likely N-dealkylation sites (tertiary alicyclic amines) is 1. The van der Waals surface area contributed by atoms with Crippen molar-refractivity contribution in [3.63, 3.8) is 0 Å². The van der Waals surface area contributed by atoms with Crippen molar-refractivity contribution in [2.75, 3.05) is 13.1 Å². The van der Waals surface area contributed by atoms with Crippen molar-refractivity contribution in [2.45, 2.75) is 32.2 Å². The quantitative estimate of drug-likeness (QED) is 0.567. The van der Waals surface area contributed by atoms with Crippen LogP contribution in [0.5, 0.6) is 0 Å². The number of hydrogen-bond donors (Lipinski definition) is 1. The first kappa shape index (κ1) is 18.8. The fourth-order valence-corrected chi connectivity index (χ4v) is 4.46. The number of piperidine rings is 1. The standard InChI is InChI=1S/C24H25N5O/c1-17-23(20-7-3-2-4-8-20)24-26-21(14-22(30)29(24)27-17)19-9-12-28(13-10-19)16-18-6-5-11-25-15-18/h2-8,11,14-15,19,27H,9-10,12-13,16H2,1H3. The molecule has 0 bridgehead atoms. The van der Waals surface area contributed by atoms with Gasteiger partial charge in [0.2, 0.25) is 0 Å². The largest absolute Gasteiger partial charge is 0.299 e. The lowest BCUT2D eigenvalue weighted by atomic mass is 9.93. The molecule has 1 fully saturated rings. The molecule has 6 heteroatoms. The van der Waals surface area contributed by atoms with Crippen LogP contribution in [0.15, 0.2) is 65.7 Å². The Balaban J connectivity index is 1.41. The van der Waals surface area contributed by atoms with Gasteiger partial charge in [0.1, 0.15) is 0 Å². The lowest BCUT2D eigenvalue weighted by Crippen LogP contribution is -2.33. The van der Waals surface area contributed by atoms with Crippen molar-refractivity contribution in [3.8, 4) is 11.1 Å². The highest BCUT2D eigenvalue weighted by Gasteiger charge is 2.24. The predicted molar refractivity (Wildman–Crippen MR) is 117 cm³/mol. The monoisotopic (exact) mass is 399 g/mol. The van der Waals surface area contributed by atoms with Gasteiger partial charge in [-0.05, 0) is 50.0 Å². The number of aryl methyl sites for hydroxylation is 1. The van der Waals surface area contributed by atoms with Crippen molar-refractivity contribution in [2.24, 2.45) is 0 Å². The van der Waals surface area contributed by atoms with Crippen LogP contribution in [-0.4, -0.2) is 37.6 Å². The maximum Gasteiger partial charge on any atom is 0.272 e. The third-order valence-corrected chi connectivity index (χ3v) is 6.01. The second kappa shape index (κ2) is 7.88. The molecule has 5 rings (SSSR count). The van der Waals surface area contributed by atoms with E-state index in [0.717, 1.165) is 60.6 Å². The molecule has 0 aliphatic carbocycles. The van der Waals surface area contributed by atoms with Gasteiger partial charge in [0, 0.05) is 42.2 Å². The van der Waals surface area contributed by atoms with Gasteiger partial charge in [0.25, 0.3) is 5.56 Å². The predicted octanol–water partition coefficient (Wildman–Crippen LogP) is 3.77. The molecule has 152 valence electrons. The molecular formula is C24H25N5O. The number of fused-ring (bicyclic) bond motifs is 1. The number of H-pyrrole nitrogens is 1. The van der Waals surface area contributed by atoms with Crippen LogP contribution in [0.25, 0.3) is 16.8 Å². The van der Waals surface area contributed by atoms with Crippen molar-refractivity contribution >= 4 is 5.65 Å². The summed E-state index contributed by atoms with van der Waals surface area (Å²) in [5.41, 5.74) is 5.86. The van der Waals surface area contributed by atoms with Gasteiger partial charge in [-0.15, -0.1) is 0 Å². The Morgan fingerprint density at radius 2 is 1.90 bits per heavy atom. The first-order valence-electron chi connectivity index (χ1n) is 10.5. The highest BCUT2D eigenvalue weighted by Crippen LogP contribution is 2.30. The number of benzene rings is 1. The van der Waals surface area contributed by atoms with Crippen LogP contribution in [-0.2, 0) is 6.54 Å². The summed E-state index contributed by atoms with van der Waals surface area (Å²) in [7, 11) is 0. The minimum absolute atomic E-state index is 0.0435. The number of nitrogens with zero attached hydrogens (tertiary/aromatic N) is 4. The molecule has 4 heterocycles. The summed E-state index contributed by atoms with van der Waals surface area (Å²) < 4.78 is 1.57. The van der Waals surface area contributed by atoms with Gasteiger partial charge < -0.3 is 0 Å². The zero-order valence-electron chi connectivity index (χ0n) is 17.1. The lowest BCUT2D eigenvalue weighted by molar-refractivity contribution is 0.203. The van der Waals surface area contributed by atoms with Gasteiger partial charge in [-0.25, -0.2) is 9.50 Å². The van der Waals surface area contributed by atoms with E-state index in [4.69, 9.17) is 4.98 Å². The van der Waals surface area contributed by atoms with E-state index in [-0.39, 0.29) is 5.56 Å². The maximum atomic E-state index is 12.8. The van der Waals surface area contributed by atoms with Crippen molar-refractivity contribution in [1.82, 2.24) is 24.5 Å². The smallest absolute Gasteiger partial charge is 0.272 e. The van der Waals surface area contributed by atoms with Crippen LogP contribution in [0.3, 0.4) is 0 Å². The molecule has 0 radical (unpaired) electrons. The third kappa shape index (κ3) is 3.55. The molecule has 1 aliphatic heterocycles. The Labute approximate surface area is 175 Å². The molecule has 1 N–H and O–H groups in total. The first-order valence-corrected chi connectivity index (χ1v) is 10.5. The first-order chi connectivity index (χ1) is 14.7. The highest BCUT2D eigenvalue weighted by atomic mass is 16.1. The topological polar surface area (TPSA) is 66.3 Å². The second-order valence-corrected chi connectivity index (χ2v) is 8.07. The Kier molecular flexibility index (Phi) is 4.93. The van der Waals surface area contributed by atoms with Crippen molar-refractivity contribution < 1.29 is 0 Å². The van der Waals surface area contributed by atoms with E-state index in [1.807, 2.05) is 43.6 Å². The molecule has 1 aromatic carbocycles. The van der Waals surface area contributed by atoms with Gasteiger partial charge in [0.15, 0.2) is 5.65 Å². The van der Waals surface area contributed by atoms with Crippen LogP contribution in [0.4, 0.5) is 0 Å². The van der Waals surface area contributed by atoms with E-state index in [9.17, 15) is 4.79 Å². The highest BCUT2D eigenvalue weighted by molar-refractivity contribution is 5.79. The molecule has 0 saturated carbocycles. The van der Waals surface area contributed by atoms with Gasteiger partial charge >= 0.3 is 0 Å². The molecule has 0 amide bonds. The Morgan fingerprint density at radius 1 is 1.10 bits per heavy atom. The molecule has 0 spiro atoms. The van der Waals surface area contributed by atoms with E-state index >= 15 is 0 Å². The van der Waals surface area contributed by atoms with E-state index in [2.05, 4.69) is 33.2 Å². The second-order valence-electron chi connectivity index (χ2n) is 8.07. The Bertz CT molecular complexity index is 1210. The number of nitrogens with one attached hydrogen (secondary N) is 1. The van der Waals surface area contributed by atoms with Gasteiger partial charge in [-0.2, -0.15) is 0 Å². The molecule has 6 nitrogen and oxygen atoms in total. The average molecular weight is 399 g/mol. The summed E-state index contributed by atoms with van der Waals surface area (Å²) in [4.78, 5) is 24.5. The minimum atomic E-state index is -0.0435. The van der Waals surface area contributed by atoms with Crippen molar-refractivity contribution in [1.29, 1.82) is 0 Å². The zero-order valence-corrected chi connectivity index (χ0v) is 17.1. The summed E-state index contributed by atoms with van der Waals surface area (Å²) in [5, 5.41) is 3.19. The number of pyridine rings is 1. The van der Waals surface area contributed by atoms with E-state index in [1.54, 1.807) is 10.6 Å². The summed E-state index contributed by atoms with van der Waals surface area (Å²) in [5.74, 6) is 0.312. The van der Waals surface area contributed by atoms with E-state index in [1.165, 1.54) is 5.56 Å². The molecule has 4 aromatic rings. The molecule has 0 unspecified atom stereocenters. The third-order valence-electron chi connectivity index (χ3n) is 6.01. The van der Waals surface area contributed by atoms with E-state index in [0.29, 0.717) is 5.92 Å². The molecule has 1 saturated heterocycles. The van der Waals surface area contributed by atoms with Crippen LogP contribution >= 0.6 is 0 Å². The number of rotatable bonds is 4.